The average Bonchev–Trinajstić information content (AvgIpc) is 2.72. The Labute approximate surface area is 185 Å². The molecule has 0 aliphatic heterocycles. The molecule has 0 spiro atoms. The minimum atomic E-state index is -1.53. The average molecular weight is 463 g/mol. The van der Waals surface area contributed by atoms with E-state index in [1.807, 2.05) is 0 Å². The van der Waals surface area contributed by atoms with Crippen molar-refractivity contribution in [3.8, 4) is 0 Å². The number of nitrogens with one attached hydrogen (secondary N) is 3. The number of aliphatic hydroxyl groups excluding tert-OH is 2. The third-order valence-corrected chi connectivity index (χ3v) is 4.51. The second-order valence-electron chi connectivity index (χ2n) is 7.26. The molecule has 0 heterocycles. The minimum Gasteiger partial charge on any atom is -0.480 e. The molecule has 0 aromatic carbocycles. The molecule has 0 rings (SSSR count). The van der Waals surface area contributed by atoms with Gasteiger partial charge in [-0.25, -0.2) is 4.79 Å². The van der Waals surface area contributed by atoms with Crippen molar-refractivity contribution in [1.29, 1.82) is 0 Å². The van der Waals surface area contributed by atoms with Gasteiger partial charge in [-0.2, -0.15) is 0 Å². The van der Waals surface area contributed by atoms with Crippen LogP contribution in [-0.2, 0) is 24.0 Å². The Morgan fingerprint density at radius 1 is 0.875 bits per heavy atom. The van der Waals surface area contributed by atoms with Gasteiger partial charge in [0.1, 0.15) is 24.2 Å². The fraction of sp³-hybridized carbons (Fsp3) is 0.722. The molecule has 0 aliphatic carbocycles. The number of aliphatic hydroxyl groups is 2. The van der Waals surface area contributed by atoms with Crippen LogP contribution in [0.25, 0.3) is 0 Å². The van der Waals surface area contributed by atoms with Crippen LogP contribution in [-0.4, -0.2) is 88.3 Å². The van der Waals surface area contributed by atoms with Crippen LogP contribution >= 0.6 is 0 Å². The number of unbranched alkanes of at least 4 members (excludes halogenated alkanes) is 1. The van der Waals surface area contributed by atoms with Crippen LogP contribution in [0.5, 0.6) is 0 Å². The molecule has 32 heavy (non-hydrogen) atoms. The van der Waals surface area contributed by atoms with Gasteiger partial charge in [0.15, 0.2) is 0 Å². The molecule has 14 heteroatoms. The van der Waals surface area contributed by atoms with E-state index in [9.17, 15) is 39.3 Å². The van der Waals surface area contributed by atoms with E-state index in [4.69, 9.17) is 17.2 Å². The summed E-state index contributed by atoms with van der Waals surface area (Å²) in [6.07, 6.45) is -0.669. The summed E-state index contributed by atoms with van der Waals surface area (Å²) >= 11 is 0. The van der Waals surface area contributed by atoms with E-state index in [2.05, 4.69) is 16.0 Å². The summed E-state index contributed by atoms with van der Waals surface area (Å²) in [4.78, 5) is 59.5. The first-order valence-electron chi connectivity index (χ1n) is 10.1. The molecular formula is C18H34N6O8. The lowest BCUT2D eigenvalue weighted by Gasteiger charge is -2.24. The summed E-state index contributed by atoms with van der Waals surface area (Å²) in [5.41, 5.74) is 16.0. The third-order valence-electron chi connectivity index (χ3n) is 4.51. The van der Waals surface area contributed by atoms with Gasteiger partial charge in [-0.05, 0) is 39.2 Å². The van der Waals surface area contributed by atoms with Crippen LogP contribution in [0.2, 0.25) is 0 Å². The first-order chi connectivity index (χ1) is 14.9. The summed E-state index contributed by atoms with van der Waals surface area (Å²) in [6, 6.07) is -5.51. The first-order valence-corrected chi connectivity index (χ1v) is 10.1. The molecule has 14 nitrogen and oxygen atoms in total. The van der Waals surface area contributed by atoms with Crippen molar-refractivity contribution in [3.05, 3.63) is 0 Å². The van der Waals surface area contributed by atoms with Crippen LogP contribution in [0, 0.1) is 0 Å². The lowest BCUT2D eigenvalue weighted by Crippen LogP contribution is -2.59. The number of amides is 4. The van der Waals surface area contributed by atoms with E-state index in [1.54, 1.807) is 0 Å². The molecule has 12 N–H and O–H groups in total. The first kappa shape index (κ1) is 29.2. The molecular weight excluding hydrogens is 428 g/mol. The highest BCUT2D eigenvalue weighted by molar-refractivity contribution is 5.94. The van der Waals surface area contributed by atoms with Gasteiger partial charge in [-0.15, -0.1) is 0 Å². The predicted octanol–water partition coefficient (Wildman–Crippen LogP) is -4.38. The highest BCUT2D eigenvalue weighted by Gasteiger charge is 2.30. The number of carboxylic acid groups (broad SMARTS) is 1. The third kappa shape index (κ3) is 11.0. The molecule has 5 unspecified atom stereocenters. The number of rotatable bonds is 16. The highest BCUT2D eigenvalue weighted by atomic mass is 16.4. The SMILES string of the molecule is CC(O)C(N)C(=O)NC(CCC(N)=O)C(=O)NC(CO)C(=O)NC(CCCCN)C(=O)O. The Hall–Kier alpha value is -2.81. The van der Waals surface area contributed by atoms with Crippen molar-refractivity contribution in [2.24, 2.45) is 17.2 Å². The van der Waals surface area contributed by atoms with E-state index in [1.165, 1.54) is 6.92 Å². The fourth-order valence-electron chi connectivity index (χ4n) is 2.53. The van der Waals surface area contributed by atoms with Gasteiger partial charge in [-0.3, -0.25) is 19.2 Å². The van der Waals surface area contributed by atoms with Crippen LogP contribution in [0.15, 0.2) is 0 Å². The van der Waals surface area contributed by atoms with E-state index >= 15 is 0 Å². The van der Waals surface area contributed by atoms with Gasteiger partial charge < -0.3 is 48.5 Å². The second-order valence-corrected chi connectivity index (χ2v) is 7.26. The van der Waals surface area contributed by atoms with Gasteiger partial charge in [0.05, 0.1) is 12.7 Å². The molecule has 0 saturated heterocycles. The van der Waals surface area contributed by atoms with Crippen molar-refractivity contribution in [3.63, 3.8) is 0 Å². The van der Waals surface area contributed by atoms with Crippen molar-refractivity contribution < 1.29 is 39.3 Å². The Morgan fingerprint density at radius 3 is 1.88 bits per heavy atom. The number of carbonyl (C=O) groups excluding carboxylic acids is 4. The number of primary amides is 1. The van der Waals surface area contributed by atoms with Crippen molar-refractivity contribution >= 4 is 29.6 Å². The molecule has 0 aromatic heterocycles. The van der Waals surface area contributed by atoms with E-state index in [0.717, 1.165) is 0 Å². The maximum Gasteiger partial charge on any atom is 0.326 e. The predicted molar refractivity (Wildman–Crippen MR) is 112 cm³/mol. The molecule has 0 aliphatic rings. The van der Waals surface area contributed by atoms with Crippen LogP contribution in [0.4, 0.5) is 0 Å². The molecule has 4 amide bonds. The lowest BCUT2D eigenvalue weighted by atomic mass is 10.1. The zero-order chi connectivity index (χ0) is 24.8. The summed E-state index contributed by atoms with van der Waals surface area (Å²) in [6.45, 7) is 0.754. The molecule has 0 radical (unpaired) electrons. The van der Waals surface area contributed by atoms with Crippen molar-refractivity contribution in [2.75, 3.05) is 13.2 Å². The Bertz CT molecular complexity index is 659. The topological polar surface area (TPSA) is 260 Å². The van der Waals surface area contributed by atoms with Gasteiger partial charge in [0, 0.05) is 6.42 Å². The standard InChI is InChI=1S/C18H34N6O8/c1-9(26)14(21)17(30)22-10(5-6-13(20)27)15(28)24-12(8-25)16(29)23-11(18(31)32)4-2-3-7-19/h9-12,14,25-26H,2-8,19,21H2,1H3,(H2,20,27)(H,22,30)(H,23,29)(H,24,28)(H,31,32). The number of carboxylic acids is 1. The Balaban J connectivity index is 5.24. The monoisotopic (exact) mass is 462 g/mol. The van der Waals surface area contributed by atoms with Gasteiger partial charge in [-0.1, -0.05) is 0 Å². The molecule has 0 aromatic rings. The summed E-state index contributed by atoms with van der Waals surface area (Å²) in [5, 5.41) is 34.8. The van der Waals surface area contributed by atoms with Crippen LogP contribution < -0.4 is 33.2 Å². The zero-order valence-corrected chi connectivity index (χ0v) is 18.0. The van der Waals surface area contributed by atoms with Crippen molar-refractivity contribution in [1.82, 2.24) is 16.0 Å². The van der Waals surface area contributed by atoms with Crippen molar-refractivity contribution in [2.45, 2.75) is 69.3 Å². The quantitative estimate of drug-likeness (QED) is 0.0994. The fourth-order valence-corrected chi connectivity index (χ4v) is 2.53. The molecule has 184 valence electrons. The summed E-state index contributed by atoms with van der Waals surface area (Å²) < 4.78 is 0. The zero-order valence-electron chi connectivity index (χ0n) is 18.0. The van der Waals surface area contributed by atoms with E-state index in [-0.39, 0.29) is 19.3 Å². The van der Waals surface area contributed by atoms with Gasteiger partial charge >= 0.3 is 5.97 Å². The van der Waals surface area contributed by atoms with Crippen LogP contribution in [0.3, 0.4) is 0 Å². The number of carbonyl (C=O) groups is 5. The van der Waals surface area contributed by atoms with Gasteiger partial charge in [0.2, 0.25) is 23.6 Å². The van der Waals surface area contributed by atoms with Gasteiger partial charge in [0.25, 0.3) is 0 Å². The molecule has 0 fully saturated rings. The minimum absolute atomic E-state index is 0.0961. The normalized spacial score (nSPS) is 15.5. The lowest BCUT2D eigenvalue weighted by molar-refractivity contribution is -0.142. The number of aliphatic carboxylic acids is 1. The number of hydrogen-bond donors (Lipinski definition) is 9. The largest absolute Gasteiger partial charge is 0.480 e. The maximum absolute atomic E-state index is 12.6. The number of nitrogens with two attached hydrogens (primary N) is 3. The van der Waals surface area contributed by atoms with E-state index in [0.29, 0.717) is 19.4 Å². The van der Waals surface area contributed by atoms with E-state index < -0.39 is 66.5 Å². The molecule has 0 bridgehead atoms. The summed E-state index contributed by atoms with van der Waals surface area (Å²) in [5.74, 6) is -4.84. The second kappa shape index (κ2) is 15.1. The summed E-state index contributed by atoms with van der Waals surface area (Å²) in [7, 11) is 0. The smallest absolute Gasteiger partial charge is 0.326 e. The molecule has 5 atom stereocenters. The Morgan fingerprint density at radius 2 is 1.41 bits per heavy atom. The molecule has 0 saturated carbocycles. The number of hydrogen-bond acceptors (Lipinski definition) is 9. The maximum atomic E-state index is 12.6. The van der Waals surface area contributed by atoms with Crippen LogP contribution in [0.1, 0.15) is 39.0 Å². The highest BCUT2D eigenvalue weighted by Crippen LogP contribution is 2.03. The Kier molecular flexibility index (Phi) is 13.7.